The average molecular weight is 368 g/mol. The summed E-state index contributed by atoms with van der Waals surface area (Å²) >= 11 is 3.52. The fourth-order valence-corrected chi connectivity index (χ4v) is 2.73. The highest BCUT2D eigenvalue weighted by molar-refractivity contribution is 9.10. The second kappa shape index (κ2) is 6.64. The van der Waals surface area contributed by atoms with Gasteiger partial charge in [-0.25, -0.2) is 0 Å². The van der Waals surface area contributed by atoms with Crippen molar-refractivity contribution in [1.82, 2.24) is 24.5 Å². The largest absolute Gasteiger partial charge is 0.340 e. The molecule has 120 valence electrons. The van der Waals surface area contributed by atoms with Crippen LogP contribution in [0.3, 0.4) is 0 Å². The Morgan fingerprint density at radius 2 is 2.14 bits per heavy atom. The predicted octanol–water partition coefficient (Wildman–Crippen LogP) is 2.29. The van der Waals surface area contributed by atoms with Crippen molar-refractivity contribution in [2.75, 3.05) is 7.05 Å². The second-order valence-corrected chi connectivity index (χ2v) is 6.50. The van der Waals surface area contributed by atoms with Crippen molar-refractivity contribution >= 4 is 21.8 Å². The number of nitrogens with zero attached hydrogens (tertiary/aromatic N) is 5. The van der Waals surface area contributed by atoms with Crippen LogP contribution in [-0.2, 0) is 24.9 Å². The van der Waals surface area contributed by atoms with E-state index in [0.717, 1.165) is 21.6 Å². The fraction of sp³-hybridized carbons (Fsp3) is 0.533. The maximum atomic E-state index is 12.5. The lowest BCUT2D eigenvalue weighted by Crippen LogP contribution is -2.34. The molecule has 1 unspecified atom stereocenters. The zero-order valence-electron chi connectivity index (χ0n) is 13.7. The maximum absolute atomic E-state index is 12.5. The maximum Gasteiger partial charge on any atom is 0.227 e. The van der Waals surface area contributed by atoms with E-state index in [1.165, 1.54) is 0 Å². The highest BCUT2D eigenvalue weighted by Gasteiger charge is 2.21. The lowest BCUT2D eigenvalue weighted by molar-refractivity contribution is -0.134. The first-order valence-electron chi connectivity index (χ1n) is 7.22. The van der Waals surface area contributed by atoms with Gasteiger partial charge in [0.1, 0.15) is 0 Å². The first-order chi connectivity index (χ1) is 10.3. The molecule has 0 aromatic carbocycles. The van der Waals surface area contributed by atoms with E-state index in [-0.39, 0.29) is 11.8 Å². The van der Waals surface area contributed by atoms with Gasteiger partial charge in [0.25, 0.3) is 0 Å². The van der Waals surface area contributed by atoms with E-state index >= 15 is 0 Å². The number of halogens is 1. The molecular formula is C15H22BrN5O. The Labute approximate surface area is 139 Å². The third-order valence-electron chi connectivity index (χ3n) is 3.86. The molecule has 2 heterocycles. The molecule has 0 saturated heterocycles. The van der Waals surface area contributed by atoms with E-state index in [2.05, 4.69) is 26.1 Å². The van der Waals surface area contributed by atoms with Crippen LogP contribution in [0.2, 0.25) is 0 Å². The van der Waals surface area contributed by atoms with Crippen molar-refractivity contribution in [3.05, 3.63) is 33.8 Å². The predicted molar refractivity (Wildman–Crippen MR) is 88.2 cm³/mol. The number of rotatable bonds is 5. The Balaban J connectivity index is 2.02. The number of aromatic nitrogens is 4. The van der Waals surface area contributed by atoms with E-state index < -0.39 is 0 Å². The smallest absolute Gasteiger partial charge is 0.227 e. The van der Waals surface area contributed by atoms with Crippen molar-refractivity contribution in [3.8, 4) is 0 Å². The van der Waals surface area contributed by atoms with Crippen molar-refractivity contribution in [2.45, 2.75) is 33.9 Å². The number of hydrogen-bond donors (Lipinski definition) is 0. The quantitative estimate of drug-likeness (QED) is 0.814. The van der Waals surface area contributed by atoms with Crippen LogP contribution in [-0.4, -0.2) is 37.4 Å². The highest BCUT2D eigenvalue weighted by Crippen LogP contribution is 2.21. The second-order valence-electron chi connectivity index (χ2n) is 5.71. The molecule has 7 heteroatoms. The SMILES string of the molecule is Cc1nn(CC(C)C(=O)N(C)Cc2ccnn2C)c(C)c1Br. The van der Waals surface area contributed by atoms with Crippen LogP contribution < -0.4 is 0 Å². The standard InChI is InChI=1S/C15H22BrN5O/c1-10(8-21-12(3)14(16)11(2)18-21)15(22)19(4)9-13-6-7-17-20(13)5/h6-7,10H,8-9H2,1-5H3. The van der Waals surface area contributed by atoms with E-state index in [1.807, 2.05) is 45.6 Å². The molecule has 0 aliphatic rings. The first-order valence-corrected chi connectivity index (χ1v) is 8.02. The van der Waals surface area contributed by atoms with Crippen molar-refractivity contribution in [2.24, 2.45) is 13.0 Å². The number of hydrogen-bond acceptors (Lipinski definition) is 3. The summed E-state index contributed by atoms with van der Waals surface area (Å²) in [5.41, 5.74) is 3.00. The fourth-order valence-electron chi connectivity index (χ4n) is 2.44. The number of aryl methyl sites for hydroxylation is 2. The molecule has 2 rings (SSSR count). The Morgan fingerprint density at radius 3 is 2.64 bits per heavy atom. The molecule has 22 heavy (non-hydrogen) atoms. The Kier molecular flexibility index (Phi) is 5.05. The van der Waals surface area contributed by atoms with Crippen molar-refractivity contribution < 1.29 is 4.79 Å². The molecule has 0 saturated carbocycles. The summed E-state index contributed by atoms with van der Waals surface area (Å²) in [5.74, 6) is -0.0343. The molecule has 1 amide bonds. The number of carbonyl (C=O) groups excluding carboxylic acids is 1. The van der Waals surface area contributed by atoms with Crippen LogP contribution in [0.5, 0.6) is 0 Å². The molecule has 2 aromatic heterocycles. The van der Waals surface area contributed by atoms with Gasteiger partial charge in [-0.3, -0.25) is 14.2 Å². The molecule has 0 spiro atoms. The number of amides is 1. The highest BCUT2D eigenvalue weighted by atomic mass is 79.9. The van der Waals surface area contributed by atoms with E-state index in [0.29, 0.717) is 13.1 Å². The minimum absolute atomic E-state index is 0.102. The van der Waals surface area contributed by atoms with Gasteiger partial charge < -0.3 is 4.90 Å². The molecule has 0 aliphatic heterocycles. The average Bonchev–Trinajstić information content (AvgIpc) is 2.98. The van der Waals surface area contributed by atoms with Gasteiger partial charge in [0.15, 0.2) is 0 Å². The topological polar surface area (TPSA) is 56.0 Å². The van der Waals surface area contributed by atoms with Gasteiger partial charge in [0, 0.05) is 26.0 Å². The van der Waals surface area contributed by atoms with Gasteiger partial charge in [-0.2, -0.15) is 10.2 Å². The van der Waals surface area contributed by atoms with Gasteiger partial charge >= 0.3 is 0 Å². The molecule has 0 aliphatic carbocycles. The summed E-state index contributed by atoms with van der Waals surface area (Å²) < 4.78 is 4.68. The first kappa shape index (κ1) is 16.7. The Bertz CT molecular complexity index is 676. The lowest BCUT2D eigenvalue weighted by Gasteiger charge is -2.21. The summed E-state index contributed by atoms with van der Waals surface area (Å²) in [6.45, 7) is 7.02. The van der Waals surface area contributed by atoms with Crippen LogP contribution in [0.4, 0.5) is 0 Å². The molecule has 0 radical (unpaired) electrons. The van der Waals surface area contributed by atoms with Crippen LogP contribution in [0.1, 0.15) is 24.0 Å². The molecule has 2 aromatic rings. The molecular weight excluding hydrogens is 346 g/mol. The number of carbonyl (C=O) groups is 1. The zero-order valence-corrected chi connectivity index (χ0v) is 15.3. The third kappa shape index (κ3) is 3.40. The summed E-state index contributed by atoms with van der Waals surface area (Å²) in [6.07, 6.45) is 1.74. The summed E-state index contributed by atoms with van der Waals surface area (Å²) in [5, 5.41) is 8.59. The van der Waals surface area contributed by atoms with Gasteiger partial charge in [-0.15, -0.1) is 0 Å². The van der Waals surface area contributed by atoms with E-state index in [4.69, 9.17) is 0 Å². The molecule has 6 nitrogen and oxygen atoms in total. The van der Waals surface area contributed by atoms with Gasteiger partial charge in [-0.05, 0) is 35.8 Å². The minimum atomic E-state index is -0.136. The van der Waals surface area contributed by atoms with E-state index in [9.17, 15) is 4.79 Å². The molecule has 0 N–H and O–H groups in total. The van der Waals surface area contributed by atoms with Crippen LogP contribution in [0, 0.1) is 19.8 Å². The zero-order chi connectivity index (χ0) is 16.4. The third-order valence-corrected chi connectivity index (χ3v) is 5.01. The lowest BCUT2D eigenvalue weighted by atomic mass is 10.1. The summed E-state index contributed by atoms with van der Waals surface area (Å²) in [6, 6.07) is 1.92. The van der Waals surface area contributed by atoms with E-state index in [1.54, 1.807) is 15.8 Å². The van der Waals surface area contributed by atoms with Crippen molar-refractivity contribution in [3.63, 3.8) is 0 Å². The van der Waals surface area contributed by atoms with Gasteiger partial charge in [0.2, 0.25) is 5.91 Å². The molecule has 1 atom stereocenters. The van der Waals surface area contributed by atoms with Crippen LogP contribution >= 0.6 is 15.9 Å². The van der Waals surface area contributed by atoms with Crippen LogP contribution in [0.15, 0.2) is 16.7 Å². The monoisotopic (exact) mass is 367 g/mol. The van der Waals surface area contributed by atoms with Crippen LogP contribution in [0.25, 0.3) is 0 Å². The van der Waals surface area contributed by atoms with Gasteiger partial charge in [0.05, 0.1) is 34.9 Å². The Hall–Kier alpha value is -1.63. The van der Waals surface area contributed by atoms with Gasteiger partial charge in [-0.1, -0.05) is 6.92 Å². The minimum Gasteiger partial charge on any atom is -0.340 e. The molecule has 0 fully saturated rings. The summed E-state index contributed by atoms with van der Waals surface area (Å²) in [7, 11) is 3.70. The normalized spacial score (nSPS) is 12.5. The Morgan fingerprint density at radius 1 is 1.45 bits per heavy atom. The summed E-state index contributed by atoms with van der Waals surface area (Å²) in [4.78, 5) is 14.3. The molecule has 0 bridgehead atoms. The van der Waals surface area contributed by atoms with Crippen molar-refractivity contribution in [1.29, 1.82) is 0 Å².